The Hall–Kier alpha value is -2.04. The number of aliphatic imine (C=N–C) groups is 1. The van der Waals surface area contributed by atoms with Crippen LogP contribution in [0.5, 0.6) is 5.75 Å². The molecule has 0 amide bonds. The third-order valence-corrected chi connectivity index (χ3v) is 2.61. The lowest BCUT2D eigenvalue weighted by atomic mass is 10.1. The van der Waals surface area contributed by atoms with E-state index >= 15 is 0 Å². The molecule has 0 bridgehead atoms. The standard InChI is InChI=1S/C11H11N3O2/c15-7-1-2-8-9(14-16-10(8)5-7)6-11-12-3-4-13-11/h1-2,5,15H,3-4,6H2,(H,12,13). The fraction of sp³-hybridized carbons (Fsp3) is 0.273. The van der Waals surface area contributed by atoms with Gasteiger partial charge < -0.3 is 14.9 Å². The molecular weight excluding hydrogens is 206 g/mol. The van der Waals surface area contributed by atoms with E-state index in [1.165, 1.54) is 0 Å². The molecule has 0 aliphatic carbocycles. The summed E-state index contributed by atoms with van der Waals surface area (Å²) < 4.78 is 5.15. The molecule has 5 nitrogen and oxygen atoms in total. The number of nitrogens with zero attached hydrogens (tertiary/aromatic N) is 2. The van der Waals surface area contributed by atoms with Crippen LogP contribution in [-0.2, 0) is 6.42 Å². The Morgan fingerprint density at radius 1 is 1.44 bits per heavy atom. The normalized spacial score (nSPS) is 15.1. The van der Waals surface area contributed by atoms with E-state index in [2.05, 4.69) is 15.5 Å². The zero-order chi connectivity index (χ0) is 11.0. The summed E-state index contributed by atoms with van der Waals surface area (Å²) in [5.41, 5.74) is 1.46. The number of rotatable bonds is 2. The van der Waals surface area contributed by atoms with Gasteiger partial charge in [0.05, 0.1) is 18.7 Å². The number of hydrogen-bond acceptors (Lipinski definition) is 5. The Morgan fingerprint density at radius 3 is 3.19 bits per heavy atom. The summed E-state index contributed by atoms with van der Waals surface area (Å²) in [7, 11) is 0. The zero-order valence-corrected chi connectivity index (χ0v) is 8.60. The van der Waals surface area contributed by atoms with Crippen LogP contribution in [-0.4, -0.2) is 29.2 Å². The monoisotopic (exact) mass is 217 g/mol. The molecule has 82 valence electrons. The summed E-state index contributed by atoms with van der Waals surface area (Å²) in [6, 6.07) is 5.01. The zero-order valence-electron chi connectivity index (χ0n) is 8.60. The van der Waals surface area contributed by atoms with Crippen molar-refractivity contribution in [3.05, 3.63) is 23.9 Å². The van der Waals surface area contributed by atoms with E-state index in [0.717, 1.165) is 30.0 Å². The van der Waals surface area contributed by atoms with Gasteiger partial charge in [-0.2, -0.15) is 0 Å². The van der Waals surface area contributed by atoms with Gasteiger partial charge in [-0.25, -0.2) is 0 Å². The average Bonchev–Trinajstić information content (AvgIpc) is 2.89. The molecule has 3 rings (SSSR count). The molecule has 2 aromatic rings. The number of benzene rings is 1. The smallest absolute Gasteiger partial charge is 0.170 e. The van der Waals surface area contributed by atoms with Crippen LogP contribution in [0.2, 0.25) is 0 Å². The lowest BCUT2D eigenvalue weighted by molar-refractivity contribution is 0.443. The molecule has 16 heavy (non-hydrogen) atoms. The van der Waals surface area contributed by atoms with Crippen molar-refractivity contribution in [2.45, 2.75) is 6.42 Å². The second-order valence-electron chi connectivity index (χ2n) is 3.74. The first-order valence-electron chi connectivity index (χ1n) is 5.17. The summed E-state index contributed by atoms with van der Waals surface area (Å²) in [5.74, 6) is 1.13. The number of phenols is 1. The topological polar surface area (TPSA) is 70.7 Å². The average molecular weight is 217 g/mol. The molecule has 0 unspecified atom stereocenters. The van der Waals surface area contributed by atoms with E-state index in [1.807, 2.05) is 6.07 Å². The fourth-order valence-corrected chi connectivity index (χ4v) is 1.83. The summed E-state index contributed by atoms with van der Waals surface area (Å²) in [5, 5.41) is 17.4. The molecule has 2 N–H and O–H groups in total. The predicted molar refractivity (Wildman–Crippen MR) is 59.7 cm³/mol. The van der Waals surface area contributed by atoms with Crippen molar-refractivity contribution >= 4 is 16.8 Å². The molecule has 1 aromatic heterocycles. The molecule has 2 heterocycles. The number of phenolic OH excluding ortho intramolecular Hbond substituents is 1. The second kappa shape index (κ2) is 3.52. The first kappa shape index (κ1) is 9.21. The van der Waals surface area contributed by atoms with E-state index in [4.69, 9.17) is 4.52 Å². The van der Waals surface area contributed by atoms with E-state index in [1.54, 1.807) is 12.1 Å². The second-order valence-corrected chi connectivity index (χ2v) is 3.74. The first-order chi connectivity index (χ1) is 7.83. The Labute approximate surface area is 91.8 Å². The Balaban J connectivity index is 1.97. The number of aromatic hydroxyl groups is 1. The predicted octanol–water partition coefficient (Wildman–Crippen LogP) is 1.08. The molecule has 0 atom stereocenters. The Bertz CT molecular complexity index is 559. The van der Waals surface area contributed by atoms with Gasteiger partial charge in [-0.1, -0.05) is 5.16 Å². The van der Waals surface area contributed by atoms with Gasteiger partial charge in [0.25, 0.3) is 0 Å². The van der Waals surface area contributed by atoms with E-state index in [9.17, 15) is 5.11 Å². The summed E-state index contributed by atoms with van der Waals surface area (Å²) in [6.45, 7) is 1.72. The molecule has 0 radical (unpaired) electrons. The lowest BCUT2D eigenvalue weighted by Crippen LogP contribution is -2.20. The summed E-state index contributed by atoms with van der Waals surface area (Å²) in [6.07, 6.45) is 0.651. The van der Waals surface area contributed by atoms with Crippen molar-refractivity contribution in [2.75, 3.05) is 13.1 Å². The minimum atomic E-state index is 0.187. The van der Waals surface area contributed by atoms with Crippen LogP contribution in [0.4, 0.5) is 0 Å². The number of nitrogens with one attached hydrogen (secondary N) is 1. The maximum atomic E-state index is 9.30. The van der Waals surface area contributed by atoms with Crippen LogP contribution in [0.1, 0.15) is 5.69 Å². The van der Waals surface area contributed by atoms with Crippen LogP contribution < -0.4 is 5.32 Å². The van der Waals surface area contributed by atoms with Crippen LogP contribution in [0.15, 0.2) is 27.7 Å². The summed E-state index contributed by atoms with van der Waals surface area (Å²) >= 11 is 0. The van der Waals surface area contributed by atoms with E-state index in [0.29, 0.717) is 12.0 Å². The maximum Gasteiger partial charge on any atom is 0.170 e. The highest BCUT2D eigenvalue weighted by molar-refractivity contribution is 5.90. The van der Waals surface area contributed by atoms with Gasteiger partial charge >= 0.3 is 0 Å². The van der Waals surface area contributed by atoms with E-state index < -0.39 is 0 Å². The van der Waals surface area contributed by atoms with Crippen LogP contribution in [0.3, 0.4) is 0 Å². The SMILES string of the molecule is Oc1ccc2c(CC3=NCCN3)noc2c1. The minimum absolute atomic E-state index is 0.187. The van der Waals surface area contributed by atoms with Crippen molar-refractivity contribution < 1.29 is 9.63 Å². The highest BCUT2D eigenvalue weighted by Gasteiger charge is 2.13. The molecule has 0 saturated carbocycles. The van der Waals surface area contributed by atoms with Gasteiger partial charge in [-0.05, 0) is 12.1 Å². The molecule has 0 saturated heterocycles. The summed E-state index contributed by atoms with van der Waals surface area (Å²) in [4.78, 5) is 4.31. The molecule has 1 aromatic carbocycles. The van der Waals surface area contributed by atoms with Crippen LogP contribution in [0, 0.1) is 0 Å². The molecule has 5 heteroatoms. The molecular formula is C11H11N3O2. The molecule has 0 fully saturated rings. The molecule has 0 spiro atoms. The first-order valence-corrected chi connectivity index (χ1v) is 5.17. The highest BCUT2D eigenvalue weighted by Crippen LogP contribution is 2.23. The lowest BCUT2D eigenvalue weighted by Gasteiger charge is -1.98. The molecule has 1 aliphatic rings. The van der Waals surface area contributed by atoms with Crippen molar-refractivity contribution in [1.82, 2.24) is 10.5 Å². The van der Waals surface area contributed by atoms with E-state index in [-0.39, 0.29) is 5.75 Å². The minimum Gasteiger partial charge on any atom is -0.508 e. The van der Waals surface area contributed by atoms with Crippen molar-refractivity contribution in [3.8, 4) is 5.75 Å². The van der Waals surface area contributed by atoms with Gasteiger partial charge in [0.15, 0.2) is 5.58 Å². The largest absolute Gasteiger partial charge is 0.508 e. The Morgan fingerprint density at radius 2 is 2.38 bits per heavy atom. The maximum absolute atomic E-state index is 9.30. The van der Waals surface area contributed by atoms with Gasteiger partial charge in [-0.3, -0.25) is 4.99 Å². The van der Waals surface area contributed by atoms with Crippen LogP contribution >= 0.6 is 0 Å². The van der Waals surface area contributed by atoms with Gasteiger partial charge in [0, 0.05) is 18.0 Å². The van der Waals surface area contributed by atoms with Gasteiger partial charge in [0.2, 0.25) is 0 Å². The van der Waals surface area contributed by atoms with Gasteiger partial charge in [0.1, 0.15) is 11.6 Å². The van der Waals surface area contributed by atoms with Crippen molar-refractivity contribution in [3.63, 3.8) is 0 Å². The fourth-order valence-electron chi connectivity index (χ4n) is 1.83. The van der Waals surface area contributed by atoms with Gasteiger partial charge in [-0.15, -0.1) is 0 Å². The number of hydrogen-bond donors (Lipinski definition) is 2. The van der Waals surface area contributed by atoms with Crippen molar-refractivity contribution in [1.29, 1.82) is 0 Å². The number of amidine groups is 1. The van der Waals surface area contributed by atoms with Crippen molar-refractivity contribution in [2.24, 2.45) is 4.99 Å². The third kappa shape index (κ3) is 1.50. The number of fused-ring (bicyclic) bond motifs is 1. The van der Waals surface area contributed by atoms with Crippen LogP contribution in [0.25, 0.3) is 11.0 Å². The highest BCUT2D eigenvalue weighted by atomic mass is 16.5. The molecule has 1 aliphatic heterocycles. The Kier molecular flexibility index (Phi) is 2.02. The third-order valence-electron chi connectivity index (χ3n) is 2.61. The quantitative estimate of drug-likeness (QED) is 0.789. The number of aromatic nitrogens is 1.